The van der Waals surface area contributed by atoms with Crippen LogP contribution < -0.4 is 5.32 Å². The highest BCUT2D eigenvalue weighted by Gasteiger charge is 2.28. The number of amides is 1. The molecule has 1 N–H and O–H groups in total. The standard InChI is InChI=1S/C21H22BrN3OS/c1-13-5-10-17(11-14(13)2)23-18(26)12-27-20-19(24-21(3,4)25-20)15-6-8-16(22)9-7-15/h5-11H,12H2,1-4H3,(H,23,26). The summed E-state index contributed by atoms with van der Waals surface area (Å²) in [6.45, 7) is 8.03. The number of benzene rings is 2. The molecular formula is C21H22BrN3OS. The molecule has 1 amide bonds. The third-order valence-electron chi connectivity index (χ3n) is 4.21. The number of hydrogen-bond donors (Lipinski definition) is 1. The second kappa shape index (κ2) is 7.98. The zero-order valence-corrected chi connectivity index (χ0v) is 18.2. The van der Waals surface area contributed by atoms with Crippen molar-refractivity contribution in [2.75, 3.05) is 11.1 Å². The Labute approximate surface area is 172 Å². The van der Waals surface area contributed by atoms with Crippen LogP contribution in [0.5, 0.6) is 0 Å². The number of rotatable bonds is 4. The molecule has 3 rings (SSSR count). The highest BCUT2D eigenvalue weighted by molar-refractivity contribution is 9.10. The van der Waals surface area contributed by atoms with Crippen LogP contribution in [0.4, 0.5) is 5.69 Å². The second-order valence-electron chi connectivity index (χ2n) is 7.01. The normalized spacial score (nSPS) is 15.3. The van der Waals surface area contributed by atoms with Crippen molar-refractivity contribution in [3.8, 4) is 0 Å². The minimum Gasteiger partial charge on any atom is -0.325 e. The first kappa shape index (κ1) is 19.8. The molecule has 0 fully saturated rings. The SMILES string of the molecule is Cc1ccc(NC(=O)CSC2=NC(C)(C)N=C2c2ccc(Br)cc2)cc1C. The molecule has 0 bridgehead atoms. The molecule has 0 atom stereocenters. The van der Waals surface area contributed by atoms with E-state index in [4.69, 9.17) is 4.99 Å². The van der Waals surface area contributed by atoms with E-state index in [1.165, 1.54) is 17.3 Å². The molecule has 0 radical (unpaired) electrons. The Bertz CT molecular complexity index is 933. The fraction of sp³-hybridized carbons (Fsp3) is 0.286. The van der Waals surface area contributed by atoms with Crippen molar-refractivity contribution >= 4 is 50.0 Å². The Morgan fingerprint density at radius 1 is 1.07 bits per heavy atom. The highest BCUT2D eigenvalue weighted by atomic mass is 79.9. The first-order chi connectivity index (χ1) is 12.7. The van der Waals surface area contributed by atoms with Gasteiger partial charge in [-0.25, -0.2) is 4.99 Å². The Morgan fingerprint density at radius 2 is 1.78 bits per heavy atom. The van der Waals surface area contributed by atoms with E-state index in [-0.39, 0.29) is 11.7 Å². The zero-order chi connectivity index (χ0) is 19.6. The Morgan fingerprint density at radius 3 is 2.44 bits per heavy atom. The van der Waals surface area contributed by atoms with Gasteiger partial charge < -0.3 is 5.32 Å². The van der Waals surface area contributed by atoms with E-state index in [1.807, 2.05) is 63.2 Å². The largest absolute Gasteiger partial charge is 0.325 e. The van der Waals surface area contributed by atoms with Crippen LogP contribution in [-0.4, -0.2) is 28.1 Å². The summed E-state index contributed by atoms with van der Waals surface area (Å²) in [6, 6.07) is 13.9. The van der Waals surface area contributed by atoms with Crippen LogP contribution in [0, 0.1) is 13.8 Å². The van der Waals surface area contributed by atoms with Gasteiger partial charge in [0.15, 0.2) is 0 Å². The van der Waals surface area contributed by atoms with Gasteiger partial charge in [0.2, 0.25) is 5.91 Å². The van der Waals surface area contributed by atoms with Crippen molar-refractivity contribution in [2.45, 2.75) is 33.4 Å². The minimum absolute atomic E-state index is 0.0502. The molecule has 0 saturated heterocycles. The molecule has 0 saturated carbocycles. The van der Waals surface area contributed by atoms with Gasteiger partial charge in [0.1, 0.15) is 10.7 Å². The Kier molecular flexibility index (Phi) is 5.86. The van der Waals surface area contributed by atoms with Gasteiger partial charge in [-0.05, 0) is 63.1 Å². The van der Waals surface area contributed by atoms with Crippen molar-refractivity contribution in [3.63, 3.8) is 0 Å². The van der Waals surface area contributed by atoms with E-state index < -0.39 is 5.66 Å². The minimum atomic E-state index is -0.505. The lowest BCUT2D eigenvalue weighted by Crippen LogP contribution is -2.17. The molecule has 4 nitrogen and oxygen atoms in total. The van der Waals surface area contributed by atoms with E-state index >= 15 is 0 Å². The average molecular weight is 444 g/mol. The summed E-state index contributed by atoms with van der Waals surface area (Å²) in [6.07, 6.45) is 0. The Balaban J connectivity index is 1.68. The van der Waals surface area contributed by atoms with Crippen LogP contribution in [-0.2, 0) is 4.79 Å². The summed E-state index contributed by atoms with van der Waals surface area (Å²) in [5.41, 5.74) is 4.53. The van der Waals surface area contributed by atoms with E-state index in [0.717, 1.165) is 32.0 Å². The molecule has 0 spiro atoms. The van der Waals surface area contributed by atoms with Crippen LogP contribution in [0.3, 0.4) is 0 Å². The number of nitrogens with one attached hydrogen (secondary N) is 1. The van der Waals surface area contributed by atoms with Gasteiger partial charge in [0.05, 0.1) is 11.5 Å². The summed E-state index contributed by atoms with van der Waals surface area (Å²) < 4.78 is 1.02. The lowest BCUT2D eigenvalue weighted by molar-refractivity contribution is -0.113. The van der Waals surface area contributed by atoms with Crippen molar-refractivity contribution in [1.82, 2.24) is 0 Å². The predicted octanol–water partition coefficient (Wildman–Crippen LogP) is 5.38. The van der Waals surface area contributed by atoms with Crippen molar-refractivity contribution in [2.24, 2.45) is 9.98 Å². The van der Waals surface area contributed by atoms with Gasteiger partial charge in [0.25, 0.3) is 0 Å². The van der Waals surface area contributed by atoms with Crippen LogP contribution in [0.2, 0.25) is 0 Å². The van der Waals surface area contributed by atoms with E-state index in [9.17, 15) is 4.79 Å². The van der Waals surface area contributed by atoms with E-state index in [2.05, 4.69) is 33.2 Å². The number of aryl methyl sites for hydroxylation is 2. The van der Waals surface area contributed by atoms with Gasteiger partial charge in [-0.1, -0.05) is 45.9 Å². The highest BCUT2D eigenvalue weighted by Crippen LogP contribution is 2.27. The fourth-order valence-electron chi connectivity index (χ4n) is 2.69. The monoisotopic (exact) mass is 443 g/mol. The predicted molar refractivity (Wildman–Crippen MR) is 119 cm³/mol. The number of hydrogen-bond acceptors (Lipinski definition) is 4. The lowest BCUT2D eigenvalue weighted by Gasteiger charge is -2.09. The van der Waals surface area contributed by atoms with Gasteiger partial charge in [0, 0.05) is 15.7 Å². The van der Waals surface area contributed by atoms with Crippen LogP contribution in [0.15, 0.2) is 56.9 Å². The van der Waals surface area contributed by atoms with Crippen molar-refractivity contribution in [3.05, 3.63) is 63.6 Å². The molecule has 1 aliphatic heterocycles. The smallest absolute Gasteiger partial charge is 0.234 e. The number of anilines is 1. The van der Waals surface area contributed by atoms with Crippen molar-refractivity contribution in [1.29, 1.82) is 0 Å². The maximum Gasteiger partial charge on any atom is 0.234 e. The molecule has 0 aliphatic carbocycles. The molecule has 140 valence electrons. The summed E-state index contributed by atoms with van der Waals surface area (Å²) in [4.78, 5) is 21.8. The van der Waals surface area contributed by atoms with Crippen molar-refractivity contribution < 1.29 is 4.79 Å². The summed E-state index contributed by atoms with van der Waals surface area (Å²) in [7, 11) is 0. The Hall–Kier alpha value is -1.92. The molecule has 0 aromatic heterocycles. The maximum atomic E-state index is 12.4. The summed E-state index contributed by atoms with van der Waals surface area (Å²) >= 11 is 4.88. The number of aliphatic imine (C=N–C) groups is 2. The van der Waals surface area contributed by atoms with Gasteiger partial charge in [-0.2, -0.15) is 0 Å². The quantitative estimate of drug-likeness (QED) is 0.689. The molecular weight excluding hydrogens is 422 g/mol. The molecule has 6 heteroatoms. The molecule has 27 heavy (non-hydrogen) atoms. The maximum absolute atomic E-state index is 12.4. The molecule has 0 unspecified atom stereocenters. The molecule has 1 heterocycles. The number of carbonyl (C=O) groups excluding carboxylic acids is 1. The van der Waals surface area contributed by atoms with Gasteiger partial charge in [-0.3, -0.25) is 9.79 Å². The number of nitrogens with zero attached hydrogens (tertiary/aromatic N) is 2. The average Bonchev–Trinajstić information content (AvgIpc) is 2.92. The molecule has 2 aromatic carbocycles. The lowest BCUT2D eigenvalue weighted by atomic mass is 10.1. The number of halogens is 1. The third kappa shape index (κ3) is 5.08. The summed E-state index contributed by atoms with van der Waals surface area (Å²) in [5.74, 6) is 0.239. The third-order valence-corrected chi connectivity index (χ3v) is 5.70. The molecule has 1 aliphatic rings. The van der Waals surface area contributed by atoms with Crippen LogP contribution >= 0.6 is 27.7 Å². The first-order valence-corrected chi connectivity index (χ1v) is 10.5. The second-order valence-corrected chi connectivity index (χ2v) is 8.89. The first-order valence-electron chi connectivity index (χ1n) is 8.69. The van der Waals surface area contributed by atoms with E-state index in [1.54, 1.807) is 0 Å². The fourth-order valence-corrected chi connectivity index (χ4v) is 3.89. The number of carbonyl (C=O) groups is 1. The van der Waals surface area contributed by atoms with Crippen LogP contribution in [0.1, 0.15) is 30.5 Å². The summed E-state index contributed by atoms with van der Waals surface area (Å²) in [5, 5.41) is 3.76. The molecule has 2 aromatic rings. The zero-order valence-electron chi connectivity index (χ0n) is 15.8. The number of thioether (sulfide) groups is 1. The van der Waals surface area contributed by atoms with Gasteiger partial charge in [-0.15, -0.1) is 0 Å². The topological polar surface area (TPSA) is 53.8 Å². The van der Waals surface area contributed by atoms with Crippen LogP contribution in [0.25, 0.3) is 0 Å². The van der Waals surface area contributed by atoms with E-state index in [0.29, 0.717) is 0 Å². The van der Waals surface area contributed by atoms with Gasteiger partial charge >= 0.3 is 0 Å².